The normalized spacial score (nSPS) is 11.6. The molecule has 1 aromatic heterocycles. The number of hydrogen-bond donors (Lipinski definition) is 0. The molecule has 1 aromatic carbocycles. The van der Waals surface area contributed by atoms with Gasteiger partial charge in [0, 0.05) is 18.9 Å². The maximum atomic E-state index is 12.7. The molecule has 1 unspecified atom stereocenters. The van der Waals surface area contributed by atoms with Crippen LogP contribution < -0.4 is 0 Å². The molecule has 0 aliphatic rings. The summed E-state index contributed by atoms with van der Waals surface area (Å²) in [5.41, 5.74) is 1.11. The second-order valence-corrected chi connectivity index (χ2v) is 4.94. The van der Waals surface area contributed by atoms with Crippen molar-refractivity contribution in [1.82, 2.24) is 14.9 Å². The molecule has 0 fully saturated rings. The van der Waals surface area contributed by atoms with Crippen LogP contribution in [0.1, 0.15) is 29.9 Å². The van der Waals surface area contributed by atoms with Crippen molar-refractivity contribution < 1.29 is 14.3 Å². The van der Waals surface area contributed by atoms with E-state index in [0.717, 1.165) is 5.56 Å². The Morgan fingerprint density at radius 1 is 1.22 bits per heavy atom. The standard InChI is InChI=1S/C17H19N3O3/c1-3-23-17(22)13(2)20(12-14-7-5-4-6-8-14)16(21)15-11-18-9-10-19-15/h4-11,13H,3,12H2,1-2H3. The van der Waals surface area contributed by atoms with Crippen LogP contribution in [0.3, 0.4) is 0 Å². The van der Waals surface area contributed by atoms with Gasteiger partial charge < -0.3 is 9.64 Å². The van der Waals surface area contributed by atoms with Gasteiger partial charge in [-0.15, -0.1) is 0 Å². The molecule has 1 heterocycles. The van der Waals surface area contributed by atoms with Crippen molar-refractivity contribution in [1.29, 1.82) is 0 Å². The number of nitrogens with zero attached hydrogens (tertiary/aromatic N) is 3. The van der Waals surface area contributed by atoms with Crippen LogP contribution >= 0.6 is 0 Å². The van der Waals surface area contributed by atoms with Crippen molar-refractivity contribution in [2.75, 3.05) is 6.61 Å². The number of carbonyl (C=O) groups is 2. The summed E-state index contributed by atoms with van der Waals surface area (Å²) in [4.78, 5) is 34.1. The van der Waals surface area contributed by atoms with E-state index in [0.29, 0.717) is 0 Å². The Morgan fingerprint density at radius 3 is 2.57 bits per heavy atom. The molecular weight excluding hydrogens is 294 g/mol. The predicted octanol–water partition coefficient (Wildman–Crippen LogP) is 2.07. The molecule has 0 aliphatic heterocycles. The quantitative estimate of drug-likeness (QED) is 0.763. The summed E-state index contributed by atoms with van der Waals surface area (Å²) < 4.78 is 5.04. The highest BCUT2D eigenvalue weighted by Gasteiger charge is 2.28. The van der Waals surface area contributed by atoms with Gasteiger partial charge in [0.1, 0.15) is 11.7 Å². The first-order chi connectivity index (χ1) is 11.1. The number of carbonyl (C=O) groups excluding carboxylic acids is 2. The minimum Gasteiger partial charge on any atom is -0.464 e. The number of ether oxygens (including phenoxy) is 1. The highest BCUT2D eigenvalue weighted by molar-refractivity contribution is 5.94. The number of esters is 1. The van der Waals surface area contributed by atoms with Gasteiger partial charge in [0.25, 0.3) is 5.91 Å². The van der Waals surface area contributed by atoms with Crippen LogP contribution in [0.15, 0.2) is 48.9 Å². The van der Waals surface area contributed by atoms with Gasteiger partial charge in [0.15, 0.2) is 0 Å². The summed E-state index contributed by atoms with van der Waals surface area (Å²) in [6, 6.07) is 8.74. The molecule has 0 saturated carbocycles. The highest BCUT2D eigenvalue weighted by atomic mass is 16.5. The molecular formula is C17H19N3O3. The van der Waals surface area contributed by atoms with E-state index in [1.807, 2.05) is 30.3 Å². The van der Waals surface area contributed by atoms with E-state index in [2.05, 4.69) is 9.97 Å². The van der Waals surface area contributed by atoms with Crippen LogP contribution in [0.5, 0.6) is 0 Å². The molecule has 120 valence electrons. The molecule has 1 atom stereocenters. The van der Waals surface area contributed by atoms with Crippen LogP contribution in [0.25, 0.3) is 0 Å². The molecule has 0 aliphatic carbocycles. The molecule has 0 saturated heterocycles. The van der Waals surface area contributed by atoms with E-state index in [9.17, 15) is 9.59 Å². The summed E-state index contributed by atoms with van der Waals surface area (Å²) in [7, 11) is 0. The monoisotopic (exact) mass is 313 g/mol. The van der Waals surface area contributed by atoms with Crippen molar-refractivity contribution in [3.8, 4) is 0 Å². The lowest BCUT2D eigenvalue weighted by atomic mass is 10.1. The Balaban J connectivity index is 2.27. The number of hydrogen-bond acceptors (Lipinski definition) is 5. The lowest BCUT2D eigenvalue weighted by molar-refractivity contribution is -0.148. The Bertz CT molecular complexity index is 647. The van der Waals surface area contributed by atoms with E-state index < -0.39 is 12.0 Å². The Hall–Kier alpha value is -2.76. The number of aromatic nitrogens is 2. The molecule has 0 spiro atoms. The molecule has 6 heteroatoms. The summed E-state index contributed by atoms with van der Waals surface area (Å²) in [6.45, 7) is 3.93. The van der Waals surface area contributed by atoms with Gasteiger partial charge in [-0.1, -0.05) is 30.3 Å². The van der Waals surface area contributed by atoms with Gasteiger partial charge in [-0.2, -0.15) is 0 Å². The average molecular weight is 313 g/mol. The van der Waals surface area contributed by atoms with Crippen LogP contribution in [-0.4, -0.2) is 39.4 Å². The first kappa shape index (κ1) is 16.6. The molecule has 6 nitrogen and oxygen atoms in total. The molecule has 2 aromatic rings. The van der Waals surface area contributed by atoms with Gasteiger partial charge >= 0.3 is 5.97 Å². The van der Waals surface area contributed by atoms with Crippen LogP contribution in [0.2, 0.25) is 0 Å². The predicted molar refractivity (Wildman–Crippen MR) is 84.4 cm³/mol. The maximum Gasteiger partial charge on any atom is 0.328 e. The van der Waals surface area contributed by atoms with Gasteiger partial charge in [-0.3, -0.25) is 9.78 Å². The average Bonchev–Trinajstić information content (AvgIpc) is 2.60. The zero-order chi connectivity index (χ0) is 16.7. The van der Waals surface area contributed by atoms with E-state index in [-0.39, 0.29) is 24.8 Å². The molecule has 23 heavy (non-hydrogen) atoms. The van der Waals surface area contributed by atoms with E-state index in [1.165, 1.54) is 23.5 Å². The first-order valence-corrected chi connectivity index (χ1v) is 7.41. The van der Waals surface area contributed by atoms with E-state index in [1.54, 1.807) is 13.8 Å². The summed E-state index contributed by atoms with van der Waals surface area (Å²) in [6.07, 6.45) is 4.33. The lowest BCUT2D eigenvalue weighted by Gasteiger charge is -2.27. The number of benzene rings is 1. The third kappa shape index (κ3) is 4.35. The first-order valence-electron chi connectivity index (χ1n) is 7.41. The molecule has 0 bridgehead atoms. The van der Waals surface area contributed by atoms with Crippen LogP contribution in [-0.2, 0) is 16.1 Å². The van der Waals surface area contributed by atoms with E-state index in [4.69, 9.17) is 4.74 Å². The van der Waals surface area contributed by atoms with Crippen LogP contribution in [0.4, 0.5) is 0 Å². The second-order valence-electron chi connectivity index (χ2n) is 4.94. The van der Waals surface area contributed by atoms with Crippen molar-refractivity contribution in [2.24, 2.45) is 0 Å². The largest absolute Gasteiger partial charge is 0.464 e. The topological polar surface area (TPSA) is 72.4 Å². The lowest BCUT2D eigenvalue weighted by Crippen LogP contribution is -2.44. The zero-order valence-electron chi connectivity index (χ0n) is 13.2. The van der Waals surface area contributed by atoms with Crippen molar-refractivity contribution in [2.45, 2.75) is 26.4 Å². The van der Waals surface area contributed by atoms with Crippen molar-refractivity contribution in [3.63, 3.8) is 0 Å². The van der Waals surface area contributed by atoms with Gasteiger partial charge in [0.05, 0.1) is 12.8 Å². The number of amides is 1. The van der Waals surface area contributed by atoms with Gasteiger partial charge in [-0.25, -0.2) is 9.78 Å². The molecule has 2 rings (SSSR count). The third-order valence-electron chi connectivity index (χ3n) is 3.33. The molecule has 1 amide bonds. The minimum absolute atomic E-state index is 0.194. The Labute approximate surface area is 135 Å². The second kappa shape index (κ2) is 8.03. The fourth-order valence-corrected chi connectivity index (χ4v) is 2.11. The van der Waals surface area contributed by atoms with Crippen molar-refractivity contribution >= 4 is 11.9 Å². The minimum atomic E-state index is -0.718. The molecule has 0 N–H and O–H groups in total. The maximum absolute atomic E-state index is 12.7. The van der Waals surface area contributed by atoms with Gasteiger partial charge in [-0.05, 0) is 19.4 Å². The summed E-state index contributed by atoms with van der Waals surface area (Å²) in [5.74, 6) is -0.803. The zero-order valence-corrected chi connectivity index (χ0v) is 13.2. The summed E-state index contributed by atoms with van der Waals surface area (Å²) >= 11 is 0. The number of rotatable bonds is 6. The van der Waals surface area contributed by atoms with E-state index >= 15 is 0 Å². The van der Waals surface area contributed by atoms with Crippen LogP contribution in [0, 0.1) is 0 Å². The summed E-state index contributed by atoms with van der Waals surface area (Å²) in [5, 5.41) is 0. The Kier molecular flexibility index (Phi) is 5.80. The Morgan fingerprint density at radius 2 is 1.96 bits per heavy atom. The highest BCUT2D eigenvalue weighted by Crippen LogP contribution is 2.13. The smallest absolute Gasteiger partial charge is 0.328 e. The fraction of sp³-hybridized carbons (Fsp3) is 0.294. The fourth-order valence-electron chi connectivity index (χ4n) is 2.11. The third-order valence-corrected chi connectivity index (χ3v) is 3.33. The SMILES string of the molecule is CCOC(=O)C(C)N(Cc1ccccc1)C(=O)c1cnccn1. The molecule has 0 radical (unpaired) electrons. The van der Waals surface area contributed by atoms with Gasteiger partial charge in [0.2, 0.25) is 0 Å². The van der Waals surface area contributed by atoms with Crippen molar-refractivity contribution in [3.05, 3.63) is 60.2 Å².